The van der Waals surface area contributed by atoms with Crippen molar-refractivity contribution in [1.82, 2.24) is 24.6 Å². The Balaban J connectivity index is 1.57. The number of rotatable bonds is 4. The first kappa shape index (κ1) is 15.2. The van der Waals surface area contributed by atoms with Gasteiger partial charge >= 0.3 is 0 Å². The van der Waals surface area contributed by atoms with Gasteiger partial charge in [-0.2, -0.15) is 5.10 Å². The molecule has 120 valence electrons. The molecular formula is C15H23N5O2. The predicted molar refractivity (Wildman–Crippen MR) is 80.2 cm³/mol. The summed E-state index contributed by atoms with van der Waals surface area (Å²) >= 11 is 0. The van der Waals surface area contributed by atoms with E-state index in [0.717, 1.165) is 31.3 Å². The third-order valence-corrected chi connectivity index (χ3v) is 3.73. The van der Waals surface area contributed by atoms with E-state index in [-0.39, 0.29) is 11.5 Å². The molecule has 0 unspecified atom stereocenters. The minimum absolute atomic E-state index is 0.00805. The fourth-order valence-electron chi connectivity index (χ4n) is 2.49. The third kappa shape index (κ3) is 3.72. The van der Waals surface area contributed by atoms with Crippen LogP contribution in [0.5, 0.6) is 0 Å². The summed E-state index contributed by atoms with van der Waals surface area (Å²) in [5.41, 5.74) is -0.00805. The second-order valence-corrected chi connectivity index (χ2v) is 6.71. The third-order valence-electron chi connectivity index (χ3n) is 3.73. The Kier molecular flexibility index (Phi) is 4.26. The van der Waals surface area contributed by atoms with Crippen LogP contribution in [-0.4, -0.2) is 50.4 Å². The number of aromatic nitrogens is 4. The first-order valence-electron chi connectivity index (χ1n) is 7.62. The van der Waals surface area contributed by atoms with E-state index in [1.807, 2.05) is 6.20 Å². The zero-order valence-corrected chi connectivity index (χ0v) is 13.4. The molecule has 0 spiro atoms. The van der Waals surface area contributed by atoms with Gasteiger partial charge in [0.05, 0.1) is 32.0 Å². The van der Waals surface area contributed by atoms with Crippen molar-refractivity contribution >= 4 is 0 Å². The Morgan fingerprint density at radius 1 is 1.36 bits per heavy atom. The molecule has 0 aliphatic carbocycles. The molecule has 0 radical (unpaired) electrons. The topological polar surface area (TPSA) is 69.2 Å². The fraction of sp³-hybridized carbons (Fsp3) is 0.667. The largest absolute Gasteiger partial charge is 0.444 e. The number of ether oxygens (including phenoxy) is 1. The van der Waals surface area contributed by atoms with E-state index in [2.05, 4.69) is 40.7 Å². The molecule has 22 heavy (non-hydrogen) atoms. The number of morpholine rings is 1. The second-order valence-electron chi connectivity index (χ2n) is 6.71. The quantitative estimate of drug-likeness (QED) is 0.852. The van der Waals surface area contributed by atoms with E-state index in [1.54, 1.807) is 17.3 Å². The van der Waals surface area contributed by atoms with Crippen molar-refractivity contribution in [1.29, 1.82) is 0 Å². The highest BCUT2D eigenvalue weighted by Gasteiger charge is 2.24. The van der Waals surface area contributed by atoms with E-state index < -0.39 is 0 Å². The van der Waals surface area contributed by atoms with Crippen LogP contribution in [0.4, 0.5) is 0 Å². The molecule has 2 aromatic rings. The Labute approximate surface area is 130 Å². The van der Waals surface area contributed by atoms with Crippen molar-refractivity contribution in [2.45, 2.75) is 45.4 Å². The fourth-order valence-corrected chi connectivity index (χ4v) is 2.49. The van der Waals surface area contributed by atoms with Gasteiger partial charge in [-0.05, 0) is 0 Å². The molecule has 0 saturated carbocycles. The van der Waals surface area contributed by atoms with E-state index in [0.29, 0.717) is 13.2 Å². The van der Waals surface area contributed by atoms with Gasteiger partial charge in [-0.3, -0.25) is 9.58 Å². The van der Waals surface area contributed by atoms with Gasteiger partial charge in [-0.25, -0.2) is 9.97 Å². The van der Waals surface area contributed by atoms with Gasteiger partial charge in [0, 0.05) is 18.5 Å². The van der Waals surface area contributed by atoms with Crippen molar-refractivity contribution < 1.29 is 9.15 Å². The van der Waals surface area contributed by atoms with Crippen molar-refractivity contribution in [2.75, 3.05) is 19.7 Å². The van der Waals surface area contributed by atoms with Crippen molar-refractivity contribution in [3.8, 4) is 0 Å². The van der Waals surface area contributed by atoms with Crippen LogP contribution in [0, 0.1) is 0 Å². The molecule has 0 N–H and O–H groups in total. The molecule has 0 bridgehead atoms. The van der Waals surface area contributed by atoms with E-state index >= 15 is 0 Å². The lowest BCUT2D eigenvalue weighted by molar-refractivity contribution is -0.0424. The lowest BCUT2D eigenvalue weighted by Gasteiger charge is -2.31. The van der Waals surface area contributed by atoms with E-state index in [4.69, 9.17) is 9.15 Å². The van der Waals surface area contributed by atoms with Crippen LogP contribution in [0.2, 0.25) is 0 Å². The van der Waals surface area contributed by atoms with Crippen LogP contribution in [0.15, 0.2) is 23.3 Å². The van der Waals surface area contributed by atoms with Crippen LogP contribution in [-0.2, 0) is 23.2 Å². The molecule has 7 nitrogen and oxygen atoms in total. The van der Waals surface area contributed by atoms with Crippen LogP contribution in [0.1, 0.15) is 32.4 Å². The zero-order chi connectivity index (χ0) is 15.6. The summed E-state index contributed by atoms with van der Waals surface area (Å²) in [6, 6.07) is 0. The Morgan fingerprint density at radius 2 is 2.23 bits per heavy atom. The monoisotopic (exact) mass is 305 g/mol. The predicted octanol–water partition coefficient (Wildman–Crippen LogP) is 1.46. The summed E-state index contributed by atoms with van der Waals surface area (Å²) in [7, 11) is 0. The first-order chi connectivity index (χ1) is 10.5. The molecule has 0 aromatic carbocycles. The maximum Gasteiger partial charge on any atom is 0.208 e. The van der Waals surface area contributed by atoms with Gasteiger partial charge in [0.1, 0.15) is 18.4 Å². The second kappa shape index (κ2) is 6.18. The number of nitrogens with zero attached hydrogens (tertiary/aromatic N) is 5. The molecule has 0 amide bonds. The maximum absolute atomic E-state index is 5.87. The zero-order valence-electron chi connectivity index (χ0n) is 13.4. The molecule has 1 fully saturated rings. The molecule has 1 atom stereocenters. The van der Waals surface area contributed by atoms with E-state index in [9.17, 15) is 0 Å². The number of hydrogen-bond donors (Lipinski definition) is 0. The minimum atomic E-state index is -0.00805. The van der Waals surface area contributed by atoms with E-state index in [1.165, 1.54) is 0 Å². The highest BCUT2D eigenvalue weighted by molar-refractivity contribution is 5.06. The highest BCUT2D eigenvalue weighted by atomic mass is 16.5. The molecular weight excluding hydrogens is 282 g/mol. The van der Waals surface area contributed by atoms with Crippen LogP contribution < -0.4 is 0 Å². The summed E-state index contributed by atoms with van der Waals surface area (Å²) in [5, 5.41) is 4.13. The molecule has 1 aliphatic heterocycles. The average molecular weight is 305 g/mol. The van der Waals surface area contributed by atoms with Crippen molar-refractivity contribution in [2.24, 2.45) is 0 Å². The summed E-state index contributed by atoms with van der Waals surface area (Å²) in [6.45, 7) is 10.3. The molecule has 3 rings (SSSR count). The Hall–Kier alpha value is -1.73. The smallest absolute Gasteiger partial charge is 0.208 e. The molecule has 1 saturated heterocycles. The Morgan fingerprint density at radius 3 is 2.91 bits per heavy atom. The summed E-state index contributed by atoms with van der Waals surface area (Å²) in [5.74, 6) is 1.70. The van der Waals surface area contributed by atoms with Gasteiger partial charge < -0.3 is 9.15 Å². The minimum Gasteiger partial charge on any atom is -0.444 e. The van der Waals surface area contributed by atoms with Gasteiger partial charge in [0.15, 0.2) is 0 Å². The number of oxazole rings is 1. The van der Waals surface area contributed by atoms with Gasteiger partial charge in [0.25, 0.3) is 0 Å². The molecule has 1 aliphatic rings. The Bertz CT molecular complexity index is 587. The average Bonchev–Trinajstić information content (AvgIpc) is 3.10. The maximum atomic E-state index is 5.87. The lowest BCUT2D eigenvalue weighted by atomic mass is 9.94. The lowest BCUT2D eigenvalue weighted by Crippen LogP contribution is -2.43. The molecule has 3 heterocycles. The highest BCUT2D eigenvalue weighted by Crippen LogP contribution is 2.23. The van der Waals surface area contributed by atoms with Crippen LogP contribution in [0.3, 0.4) is 0 Å². The van der Waals surface area contributed by atoms with Crippen molar-refractivity contribution in [3.63, 3.8) is 0 Å². The van der Waals surface area contributed by atoms with Gasteiger partial charge in [0.2, 0.25) is 5.89 Å². The summed E-state index contributed by atoms with van der Waals surface area (Å²) in [4.78, 5) is 10.7. The standard InChI is InChI=1S/C15H23N5O2/c1-15(2,3)13-6-17-14(22-13)9-19-4-5-21-12(7-19)8-20-11-16-10-18-20/h6,10-12H,4-5,7-9H2,1-3H3/t12-/m0/s1. The summed E-state index contributed by atoms with van der Waals surface area (Å²) in [6.07, 6.45) is 5.21. The van der Waals surface area contributed by atoms with Crippen molar-refractivity contribution in [3.05, 3.63) is 30.5 Å². The van der Waals surface area contributed by atoms with Gasteiger partial charge in [-0.1, -0.05) is 20.8 Å². The normalized spacial score (nSPS) is 20.4. The molecule has 7 heteroatoms. The summed E-state index contributed by atoms with van der Waals surface area (Å²) < 4.78 is 13.5. The molecule has 2 aromatic heterocycles. The van der Waals surface area contributed by atoms with Crippen LogP contribution in [0.25, 0.3) is 0 Å². The van der Waals surface area contributed by atoms with Crippen LogP contribution >= 0.6 is 0 Å². The SMILES string of the molecule is CC(C)(C)c1cnc(CN2CCO[C@H](Cn3cncn3)C2)o1. The first-order valence-corrected chi connectivity index (χ1v) is 7.62. The van der Waals surface area contributed by atoms with Gasteiger partial charge in [-0.15, -0.1) is 0 Å². The number of hydrogen-bond acceptors (Lipinski definition) is 6.